The second kappa shape index (κ2) is 4.45. The predicted octanol–water partition coefficient (Wildman–Crippen LogP) is 1.78. The first-order valence-electron chi connectivity index (χ1n) is 5.93. The standard InChI is InChI=1S/C12H22N2/c1-2-9-14-10-5-8-13-12(11-14)6-3-4-7-12/h2,13H,1,3-11H2. The highest BCUT2D eigenvalue weighted by Crippen LogP contribution is 2.31. The predicted molar refractivity (Wildman–Crippen MR) is 60.5 cm³/mol. The van der Waals surface area contributed by atoms with E-state index in [1.54, 1.807) is 0 Å². The monoisotopic (exact) mass is 194 g/mol. The molecule has 0 radical (unpaired) electrons. The molecule has 2 nitrogen and oxygen atoms in total. The highest BCUT2D eigenvalue weighted by molar-refractivity contribution is 4.97. The summed E-state index contributed by atoms with van der Waals surface area (Å²) < 4.78 is 0. The first kappa shape index (κ1) is 10.2. The maximum absolute atomic E-state index is 3.84. The van der Waals surface area contributed by atoms with Crippen LogP contribution in [0.3, 0.4) is 0 Å². The van der Waals surface area contributed by atoms with E-state index in [1.807, 2.05) is 6.08 Å². The van der Waals surface area contributed by atoms with E-state index < -0.39 is 0 Å². The van der Waals surface area contributed by atoms with Gasteiger partial charge in [-0.1, -0.05) is 18.9 Å². The molecule has 1 aliphatic heterocycles. The van der Waals surface area contributed by atoms with E-state index in [-0.39, 0.29) is 0 Å². The summed E-state index contributed by atoms with van der Waals surface area (Å²) in [4.78, 5) is 2.55. The lowest BCUT2D eigenvalue weighted by atomic mass is 9.97. The van der Waals surface area contributed by atoms with Crippen molar-refractivity contribution in [1.29, 1.82) is 0 Å². The Hall–Kier alpha value is -0.340. The van der Waals surface area contributed by atoms with Gasteiger partial charge in [0.05, 0.1) is 0 Å². The molecule has 1 N–H and O–H groups in total. The summed E-state index contributed by atoms with van der Waals surface area (Å²) in [5.41, 5.74) is 0.458. The van der Waals surface area contributed by atoms with Crippen molar-refractivity contribution >= 4 is 0 Å². The average molecular weight is 194 g/mol. The van der Waals surface area contributed by atoms with Gasteiger partial charge in [0.1, 0.15) is 0 Å². The Balaban J connectivity index is 1.99. The van der Waals surface area contributed by atoms with Crippen LogP contribution in [0.5, 0.6) is 0 Å². The number of nitrogens with zero attached hydrogens (tertiary/aromatic N) is 1. The van der Waals surface area contributed by atoms with Gasteiger partial charge in [-0.25, -0.2) is 0 Å². The van der Waals surface area contributed by atoms with Gasteiger partial charge in [0.25, 0.3) is 0 Å². The molecule has 0 aromatic carbocycles. The summed E-state index contributed by atoms with van der Waals surface area (Å²) in [6.45, 7) is 8.57. The van der Waals surface area contributed by atoms with E-state index in [0.717, 1.165) is 6.54 Å². The summed E-state index contributed by atoms with van der Waals surface area (Å²) in [7, 11) is 0. The van der Waals surface area contributed by atoms with Crippen molar-refractivity contribution in [2.75, 3.05) is 26.2 Å². The van der Waals surface area contributed by atoms with E-state index in [1.165, 1.54) is 51.7 Å². The van der Waals surface area contributed by atoms with Gasteiger partial charge in [-0.2, -0.15) is 0 Å². The molecule has 14 heavy (non-hydrogen) atoms. The van der Waals surface area contributed by atoms with Crippen LogP contribution in [-0.2, 0) is 0 Å². The zero-order valence-electron chi connectivity index (χ0n) is 9.10. The first-order chi connectivity index (χ1) is 6.85. The topological polar surface area (TPSA) is 15.3 Å². The Bertz CT molecular complexity index is 194. The molecule has 1 spiro atoms. The Labute approximate surface area is 87.4 Å². The van der Waals surface area contributed by atoms with Crippen molar-refractivity contribution in [2.45, 2.75) is 37.6 Å². The Kier molecular flexibility index (Phi) is 3.24. The lowest BCUT2D eigenvalue weighted by Crippen LogP contribution is -2.49. The minimum Gasteiger partial charge on any atom is -0.310 e. The summed E-state index contributed by atoms with van der Waals surface area (Å²) in [5.74, 6) is 0. The molecule has 0 bridgehead atoms. The highest BCUT2D eigenvalue weighted by atomic mass is 15.2. The second-order valence-corrected chi connectivity index (χ2v) is 4.79. The smallest absolute Gasteiger partial charge is 0.0308 e. The minimum atomic E-state index is 0.458. The fraction of sp³-hybridized carbons (Fsp3) is 0.833. The lowest BCUT2D eigenvalue weighted by Gasteiger charge is -2.32. The van der Waals surface area contributed by atoms with E-state index in [9.17, 15) is 0 Å². The molecule has 2 heteroatoms. The summed E-state index contributed by atoms with van der Waals surface area (Å²) >= 11 is 0. The number of hydrogen-bond acceptors (Lipinski definition) is 2. The van der Waals surface area contributed by atoms with Crippen LogP contribution >= 0.6 is 0 Å². The minimum absolute atomic E-state index is 0.458. The summed E-state index contributed by atoms with van der Waals surface area (Å²) in [6, 6.07) is 0. The van der Waals surface area contributed by atoms with Gasteiger partial charge >= 0.3 is 0 Å². The maximum atomic E-state index is 3.84. The van der Waals surface area contributed by atoms with Crippen molar-refractivity contribution in [3.05, 3.63) is 12.7 Å². The van der Waals surface area contributed by atoms with Crippen LogP contribution in [-0.4, -0.2) is 36.6 Å². The quantitative estimate of drug-likeness (QED) is 0.674. The van der Waals surface area contributed by atoms with Gasteiger partial charge in [0.2, 0.25) is 0 Å². The van der Waals surface area contributed by atoms with Crippen molar-refractivity contribution < 1.29 is 0 Å². The molecule has 0 atom stereocenters. The Morgan fingerprint density at radius 2 is 2.07 bits per heavy atom. The number of rotatable bonds is 2. The van der Waals surface area contributed by atoms with E-state index in [0.29, 0.717) is 5.54 Å². The fourth-order valence-corrected chi connectivity index (χ4v) is 2.94. The number of hydrogen-bond donors (Lipinski definition) is 1. The van der Waals surface area contributed by atoms with Gasteiger partial charge < -0.3 is 5.32 Å². The third-order valence-corrected chi connectivity index (χ3v) is 3.63. The van der Waals surface area contributed by atoms with Crippen LogP contribution in [0, 0.1) is 0 Å². The third-order valence-electron chi connectivity index (χ3n) is 3.63. The van der Waals surface area contributed by atoms with E-state index in [2.05, 4.69) is 16.8 Å². The van der Waals surface area contributed by atoms with Crippen molar-refractivity contribution in [3.8, 4) is 0 Å². The average Bonchev–Trinajstić information content (AvgIpc) is 2.51. The molecular formula is C12H22N2. The number of nitrogens with one attached hydrogen (secondary N) is 1. The van der Waals surface area contributed by atoms with Gasteiger partial charge in [-0.05, 0) is 32.4 Å². The van der Waals surface area contributed by atoms with Crippen LogP contribution in [0.15, 0.2) is 12.7 Å². The molecule has 1 heterocycles. The van der Waals surface area contributed by atoms with Gasteiger partial charge in [0.15, 0.2) is 0 Å². The first-order valence-corrected chi connectivity index (χ1v) is 5.93. The zero-order valence-corrected chi connectivity index (χ0v) is 9.10. The van der Waals surface area contributed by atoms with Crippen LogP contribution in [0.4, 0.5) is 0 Å². The molecule has 2 rings (SSSR count). The van der Waals surface area contributed by atoms with E-state index >= 15 is 0 Å². The summed E-state index contributed by atoms with van der Waals surface area (Å²) in [5, 5.41) is 3.77. The molecule has 1 saturated carbocycles. The molecular weight excluding hydrogens is 172 g/mol. The third kappa shape index (κ3) is 2.18. The van der Waals surface area contributed by atoms with Crippen LogP contribution in [0.1, 0.15) is 32.1 Å². The molecule has 1 saturated heterocycles. The molecule has 0 aromatic rings. The van der Waals surface area contributed by atoms with Crippen LogP contribution in [0.25, 0.3) is 0 Å². The van der Waals surface area contributed by atoms with E-state index in [4.69, 9.17) is 0 Å². The lowest BCUT2D eigenvalue weighted by molar-refractivity contribution is 0.226. The van der Waals surface area contributed by atoms with Crippen molar-refractivity contribution in [3.63, 3.8) is 0 Å². The van der Waals surface area contributed by atoms with Gasteiger partial charge in [-0.3, -0.25) is 4.90 Å². The molecule has 80 valence electrons. The largest absolute Gasteiger partial charge is 0.310 e. The fourth-order valence-electron chi connectivity index (χ4n) is 2.94. The Morgan fingerprint density at radius 1 is 1.29 bits per heavy atom. The summed E-state index contributed by atoms with van der Waals surface area (Å²) in [6.07, 6.45) is 8.90. The van der Waals surface area contributed by atoms with Crippen molar-refractivity contribution in [2.24, 2.45) is 0 Å². The molecule has 0 amide bonds. The molecule has 0 aromatic heterocycles. The van der Waals surface area contributed by atoms with Crippen LogP contribution in [0.2, 0.25) is 0 Å². The van der Waals surface area contributed by atoms with Gasteiger partial charge in [-0.15, -0.1) is 6.58 Å². The molecule has 2 aliphatic rings. The second-order valence-electron chi connectivity index (χ2n) is 4.79. The molecule has 1 aliphatic carbocycles. The van der Waals surface area contributed by atoms with Gasteiger partial charge in [0, 0.05) is 18.6 Å². The highest BCUT2D eigenvalue weighted by Gasteiger charge is 2.35. The SMILES string of the molecule is C=CCN1CCCNC2(CCCC2)C1. The normalized spacial score (nSPS) is 27.7. The van der Waals surface area contributed by atoms with Crippen molar-refractivity contribution in [1.82, 2.24) is 10.2 Å². The molecule has 2 fully saturated rings. The van der Waals surface area contributed by atoms with Crippen LogP contribution < -0.4 is 5.32 Å². The Morgan fingerprint density at radius 3 is 2.79 bits per heavy atom. The maximum Gasteiger partial charge on any atom is 0.0308 e. The zero-order chi connectivity index (χ0) is 9.86. The molecule has 0 unspecified atom stereocenters.